The molecule has 0 bridgehead atoms. The van der Waals surface area contributed by atoms with E-state index in [1.807, 2.05) is 0 Å². The second-order valence-electron chi connectivity index (χ2n) is 5.95. The molecule has 17 heavy (non-hydrogen) atoms. The van der Waals surface area contributed by atoms with Crippen LogP contribution in [0.1, 0.15) is 70.6 Å². The van der Waals surface area contributed by atoms with E-state index in [0.29, 0.717) is 6.10 Å². The molecule has 0 spiro atoms. The van der Waals surface area contributed by atoms with Crippen molar-refractivity contribution in [2.75, 3.05) is 6.61 Å². The fourth-order valence-corrected chi connectivity index (χ4v) is 3.32. The van der Waals surface area contributed by atoms with Gasteiger partial charge in [0.15, 0.2) is 0 Å². The van der Waals surface area contributed by atoms with Crippen molar-refractivity contribution in [3.8, 4) is 0 Å². The largest absolute Gasteiger partial charge is 0.393 e. The highest BCUT2D eigenvalue weighted by molar-refractivity contribution is 4.70. The van der Waals surface area contributed by atoms with Gasteiger partial charge in [0.2, 0.25) is 0 Å². The summed E-state index contributed by atoms with van der Waals surface area (Å²) in [6, 6.07) is 0. The number of aliphatic hydroxyl groups excluding tert-OH is 1. The molecule has 1 heterocycles. The highest BCUT2D eigenvalue weighted by Gasteiger charge is 2.18. The number of rotatable bonds is 7. The van der Waals surface area contributed by atoms with E-state index in [0.717, 1.165) is 38.2 Å². The van der Waals surface area contributed by atoms with Gasteiger partial charge in [-0.05, 0) is 50.9 Å². The summed E-state index contributed by atoms with van der Waals surface area (Å²) in [6.45, 7) is 0.953. The van der Waals surface area contributed by atoms with Crippen LogP contribution in [0.3, 0.4) is 0 Å². The van der Waals surface area contributed by atoms with Crippen molar-refractivity contribution in [2.24, 2.45) is 5.92 Å². The normalized spacial score (nSPS) is 27.7. The lowest BCUT2D eigenvalue weighted by Crippen LogP contribution is -2.11. The van der Waals surface area contributed by atoms with Crippen molar-refractivity contribution in [1.82, 2.24) is 0 Å². The first-order valence-electron chi connectivity index (χ1n) is 7.64. The third kappa shape index (κ3) is 4.97. The van der Waals surface area contributed by atoms with Crippen molar-refractivity contribution >= 4 is 0 Å². The standard InChI is InChI=1S/C15H28O2/c16-14(11-10-13-5-1-2-6-13)7-3-8-15-9-4-12-17-15/h13-16H,1-12H2. The third-order valence-electron chi connectivity index (χ3n) is 4.47. The lowest BCUT2D eigenvalue weighted by molar-refractivity contribution is 0.0920. The van der Waals surface area contributed by atoms with E-state index in [1.165, 1.54) is 44.9 Å². The monoisotopic (exact) mass is 240 g/mol. The first kappa shape index (κ1) is 13.4. The molecule has 2 fully saturated rings. The second kappa shape index (κ2) is 7.38. The SMILES string of the molecule is OC(CCCC1CCCO1)CCC1CCCC1. The molecule has 0 aromatic heterocycles. The summed E-state index contributed by atoms with van der Waals surface area (Å²) >= 11 is 0. The number of ether oxygens (including phenoxy) is 1. The average molecular weight is 240 g/mol. The molecule has 2 nitrogen and oxygen atoms in total. The Balaban J connectivity index is 1.46. The molecule has 1 aliphatic heterocycles. The van der Waals surface area contributed by atoms with E-state index in [-0.39, 0.29) is 6.10 Å². The fraction of sp³-hybridized carbons (Fsp3) is 1.00. The summed E-state index contributed by atoms with van der Waals surface area (Å²) in [7, 11) is 0. The zero-order chi connectivity index (χ0) is 11.9. The first-order chi connectivity index (χ1) is 8.34. The number of aliphatic hydroxyl groups is 1. The minimum absolute atomic E-state index is 0.0583. The van der Waals surface area contributed by atoms with Gasteiger partial charge in [-0.15, -0.1) is 0 Å². The van der Waals surface area contributed by atoms with Gasteiger partial charge in [0, 0.05) is 6.61 Å². The maximum atomic E-state index is 9.94. The number of hydrogen-bond acceptors (Lipinski definition) is 2. The van der Waals surface area contributed by atoms with Crippen LogP contribution in [0.5, 0.6) is 0 Å². The molecule has 2 unspecified atom stereocenters. The molecule has 0 aromatic rings. The topological polar surface area (TPSA) is 29.5 Å². The molecule has 0 aromatic carbocycles. The summed E-state index contributed by atoms with van der Waals surface area (Å²) in [5, 5.41) is 9.94. The fourth-order valence-electron chi connectivity index (χ4n) is 3.32. The van der Waals surface area contributed by atoms with Crippen LogP contribution in [-0.2, 0) is 4.74 Å². The minimum atomic E-state index is -0.0583. The molecular formula is C15H28O2. The molecular weight excluding hydrogens is 212 g/mol. The Kier molecular flexibility index (Phi) is 5.79. The van der Waals surface area contributed by atoms with Gasteiger partial charge in [0.25, 0.3) is 0 Å². The quantitative estimate of drug-likeness (QED) is 0.735. The van der Waals surface area contributed by atoms with Crippen LogP contribution in [0.25, 0.3) is 0 Å². The minimum Gasteiger partial charge on any atom is -0.393 e. The van der Waals surface area contributed by atoms with Crippen molar-refractivity contribution in [3.05, 3.63) is 0 Å². The summed E-state index contributed by atoms with van der Waals surface area (Å²) in [4.78, 5) is 0. The molecule has 0 radical (unpaired) electrons. The number of hydrogen-bond donors (Lipinski definition) is 1. The van der Waals surface area contributed by atoms with Crippen molar-refractivity contribution in [2.45, 2.75) is 82.8 Å². The summed E-state index contributed by atoms with van der Waals surface area (Å²) in [6.07, 6.45) is 14.1. The molecule has 1 aliphatic carbocycles. The Morgan fingerprint density at radius 2 is 1.82 bits per heavy atom. The molecule has 100 valence electrons. The molecule has 0 amide bonds. The Hall–Kier alpha value is -0.0800. The van der Waals surface area contributed by atoms with Crippen LogP contribution < -0.4 is 0 Å². The van der Waals surface area contributed by atoms with E-state index in [9.17, 15) is 5.11 Å². The lowest BCUT2D eigenvalue weighted by Gasteiger charge is -2.15. The summed E-state index contributed by atoms with van der Waals surface area (Å²) < 4.78 is 5.59. The highest BCUT2D eigenvalue weighted by Crippen LogP contribution is 2.29. The molecule has 2 rings (SSSR count). The van der Waals surface area contributed by atoms with E-state index < -0.39 is 0 Å². The van der Waals surface area contributed by atoms with Crippen LogP contribution in [0.4, 0.5) is 0 Å². The van der Waals surface area contributed by atoms with Crippen molar-refractivity contribution in [1.29, 1.82) is 0 Å². The van der Waals surface area contributed by atoms with Crippen LogP contribution in [0.2, 0.25) is 0 Å². The Morgan fingerprint density at radius 3 is 2.53 bits per heavy atom. The zero-order valence-corrected chi connectivity index (χ0v) is 11.1. The molecule has 2 heteroatoms. The molecule has 1 saturated carbocycles. The predicted molar refractivity (Wildman–Crippen MR) is 70.0 cm³/mol. The van der Waals surface area contributed by atoms with E-state index in [1.54, 1.807) is 0 Å². The van der Waals surface area contributed by atoms with Gasteiger partial charge in [-0.3, -0.25) is 0 Å². The third-order valence-corrected chi connectivity index (χ3v) is 4.47. The van der Waals surface area contributed by atoms with Gasteiger partial charge in [0.1, 0.15) is 0 Å². The Morgan fingerprint density at radius 1 is 1.00 bits per heavy atom. The van der Waals surface area contributed by atoms with Crippen LogP contribution >= 0.6 is 0 Å². The van der Waals surface area contributed by atoms with Gasteiger partial charge in [-0.1, -0.05) is 25.7 Å². The Bertz CT molecular complexity index is 193. The van der Waals surface area contributed by atoms with Gasteiger partial charge in [-0.25, -0.2) is 0 Å². The van der Waals surface area contributed by atoms with Crippen LogP contribution in [0, 0.1) is 5.92 Å². The highest BCUT2D eigenvalue weighted by atomic mass is 16.5. The van der Waals surface area contributed by atoms with Gasteiger partial charge >= 0.3 is 0 Å². The maximum absolute atomic E-state index is 9.94. The molecule has 2 atom stereocenters. The van der Waals surface area contributed by atoms with Gasteiger partial charge < -0.3 is 9.84 Å². The average Bonchev–Trinajstić information content (AvgIpc) is 2.99. The predicted octanol–water partition coefficient (Wildman–Crippen LogP) is 3.67. The molecule has 1 N–H and O–H groups in total. The van der Waals surface area contributed by atoms with Gasteiger partial charge in [-0.2, -0.15) is 0 Å². The van der Waals surface area contributed by atoms with E-state index in [2.05, 4.69) is 0 Å². The second-order valence-corrected chi connectivity index (χ2v) is 5.95. The van der Waals surface area contributed by atoms with Crippen molar-refractivity contribution < 1.29 is 9.84 Å². The molecule has 1 saturated heterocycles. The Labute approximate surface area is 106 Å². The maximum Gasteiger partial charge on any atom is 0.0576 e. The van der Waals surface area contributed by atoms with Gasteiger partial charge in [0.05, 0.1) is 12.2 Å². The smallest absolute Gasteiger partial charge is 0.0576 e. The zero-order valence-electron chi connectivity index (χ0n) is 11.1. The van der Waals surface area contributed by atoms with Crippen molar-refractivity contribution in [3.63, 3.8) is 0 Å². The van der Waals surface area contributed by atoms with Crippen LogP contribution in [0.15, 0.2) is 0 Å². The summed E-state index contributed by atoms with van der Waals surface area (Å²) in [5.74, 6) is 0.919. The first-order valence-corrected chi connectivity index (χ1v) is 7.64. The van der Waals surface area contributed by atoms with Crippen LogP contribution in [-0.4, -0.2) is 23.9 Å². The van der Waals surface area contributed by atoms with E-state index >= 15 is 0 Å². The lowest BCUT2D eigenvalue weighted by atomic mass is 9.97. The molecule has 2 aliphatic rings. The van der Waals surface area contributed by atoms with E-state index in [4.69, 9.17) is 4.74 Å². The summed E-state index contributed by atoms with van der Waals surface area (Å²) in [5.41, 5.74) is 0.